The fourth-order valence-electron chi connectivity index (χ4n) is 1.92. The molecule has 0 atom stereocenters. The molecule has 0 saturated heterocycles. The van der Waals surface area contributed by atoms with Gasteiger partial charge in [-0.25, -0.2) is 0 Å². The smallest absolute Gasteiger partial charge is 0.258 e. The molecule has 1 amide bonds. The van der Waals surface area contributed by atoms with Crippen LogP contribution in [0.2, 0.25) is 0 Å². The second-order valence-corrected chi connectivity index (χ2v) is 4.29. The molecule has 20 heavy (non-hydrogen) atoms. The number of hydrogen-bond acceptors (Lipinski definition) is 4. The first kappa shape index (κ1) is 14.1. The van der Waals surface area contributed by atoms with E-state index in [2.05, 4.69) is 20.4 Å². The number of nitrogens with zero attached hydrogens (tertiary/aromatic N) is 2. The van der Waals surface area contributed by atoms with E-state index < -0.39 is 0 Å². The second-order valence-electron chi connectivity index (χ2n) is 4.29. The normalized spacial score (nSPS) is 10.3. The first-order valence-electron chi connectivity index (χ1n) is 6.50. The predicted octanol–water partition coefficient (Wildman–Crippen LogP) is 1.48. The maximum absolute atomic E-state index is 11.8. The van der Waals surface area contributed by atoms with Crippen molar-refractivity contribution in [2.75, 3.05) is 29.9 Å². The van der Waals surface area contributed by atoms with Gasteiger partial charge in [-0.2, -0.15) is 5.10 Å². The number of carbonyl (C=O) groups is 1. The number of aromatic amines is 1. The van der Waals surface area contributed by atoms with E-state index in [-0.39, 0.29) is 12.5 Å². The maximum atomic E-state index is 11.8. The summed E-state index contributed by atoms with van der Waals surface area (Å²) in [6.45, 7) is 3.57. The molecule has 6 heteroatoms. The molecule has 0 radical (unpaired) electrons. The Morgan fingerprint density at radius 3 is 2.70 bits per heavy atom. The molecule has 6 nitrogen and oxygen atoms in total. The molecule has 0 fully saturated rings. The van der Waals surface area contributed by atoms with Crippen LogP contribution in [0.15, 0.2) is 36.7 Å². The monoisotopic (exact) mass is 274 g/mol. The highest BCUT2D eigenvalue weighted by molar-refractivity contribution is 6.03. The third kappa shape index (κ3) is 3.36. The molecule has 0 aliphatic rings. The lowest BCUT2D eigenvalue weighted by Gasteiger charge is -2.22. The SMILES string of the molecule is CCN(CCO)c1ccc(NC(=O)c2cn[nH]c2)cc1. The summed E-state index contributed by atoms with van der Waals surface area (Å²) in [6.07, 6.45) is 3.02. The van der Waals surface area contributed by atoms with Gasteiger partial charge in [0.05, 0.1) is 18.4 Å². The second kappa shape index (κ2) is 6.72. The number of benzene rings is 1. The highest BCUT2D eigenvalue weighted by Crippen LogP contribution is 2.18. The summed E-state index contributed by atoms with van der Waals surface area (Å²) >= 11 is 0. The van der Waals surface area contributed by atoms with E-state index in [0.29, 0.717) is 12.1 Å². The molecule has 0 saturated carbocycles. The molecule has 1 aromatic carbocycles. The van der Waals surface area contributed by atoms with Gasteiger partial charge in [-0.15, -0.1) is 0 Å². The molecule has 3 N–H and O–H groups in total. The Balaban J connectivity index is 2.03. The molecular formula is C14H18N4O2. The number of amides is 1. The average Bonchev–Trinajstić information content (AvgIpc) is 3.00. The minimum absolute atomic E-state index is 0.118. The van der Waals surface area contributed by atoms with Crippen molar-refractivity contribution < 1.29 is 9.90 Å². The molecule has 2 rings (SSSR count). The van der Waals surface area contributed by atoms with Crippen LogP contribution in [0.25, 0.3) is 0 Å². The number of anilines is 2. The van der Waals surface area contributed by atoms with Crippen LogP contribution in [0.1, 0.15) is 17.3 Å². The molecule has 0 aliphatic heterocycles. The first-order chi connectivity index (χ1) is 9.74. The topological polar surface area (TPSA) is 81.2 Å². The Kier molecular flexibility index (Phi) is 4.73. The Bertz CT molecular complexity index is 537. The van der Waals surface area contributed by atoms with Crippen molar-refractivity contribution >= 4 is 17.3 Å². The number of rotatable bonds is 6. The van der Waals surface area contributed by atoms with E-state index >= 15 is 0 Å². The Hall–Kier alpha value is -2.34. The van der Waals surface area contributed by atoms with Gasteiger partial charge in [0.2, 0.25) is 0 Å². The summed E-state index contributed by atoms with van der Waals surface area (Å²) < 4.78 is 0. The molecule has 0 spiro atoms. The van der Waals surface area contributed by atoms with Crippen LogP contribution >= 0.6 is 0 Å². The van der Waals surface area contributed by atoms with E-state index in [1.54, 1.807) is 6.20 Å². The van der Waals surface area contributed by atoms with Crippen molar-refractivity contribution in [2.45, 2.75) is 6.92 Å². The fourth-order valence-corrected chi connectivity index (χ4v) is 1.92. The van der Waals surface area contributed by atoms with Crippen molar-refractivity contribution in [3.63, 3.8) is 0 Å². The molecular weight excluding hydrogens is 256 g/mol. The third-order valence-electron chi connectivity index (χ3n) is 3.00. The number of likely N-dealkylation sites (N-methyl/N-ethyl adjacent to an activating group) is 1. The zero-order chi connectivity index (χ0) is 14.4. The average molecular weight is 274 g/mol. The minimum atomic E-state index is -0.200. The van der Waals surface area contributed by atoms with Gasteiger partial charge >= 0.3 is 0 Å². The van der Waals surface area contributed by atoms with Crippen LogP contribution in [0, 0.1) is 0 Å². The first-order valence-corrected chi connectivity index (χ1v) is 6.50. The number of aliphatic hydroxyl groups is 1. The van der Waals surface area contributed by atoms with Gasteiger partial charge in [0.25, 0.3) is 5.91 Å². The summed E-state index contributed by atoms with van der Waals surface area (Å²) in [4.78, 5) is 13.9. The van der Waals surface area contributed by atoms with E-state index in [9.17, 15) is 4.79 Å². The predicted molar refractivity (Wildman–Crippen MR) is 78.0 cm³/mol. The van der Waals surface area contributed by atoms with Gasteiger partial charge in [0.1, 0.15) is 0 Å². The maximum Gasteiger partial charge on any atom is 0.258 e. The lowest BCUT2D eigenvalue weighted by molar-refractivity contribution is 0.102. The van der Waals surface area contributed by atoms with E-state index in [0.717, 1.165) is 17.9 Å². The van der Waals surface area contributed by atoms with Crippen LogP contribution in [0.3, 0.4) is 0 Å². The van der Waals surface area contributed by atoms with E-state index in [4.69, 9.17) is 5.11 Å². The number of aromatic nitrogens is 2. The molecule has 0 bridgehead atoms. The summed E-state index contributed by atoms with van der Waals surface area (Å²) in [6, 6.07) is 7.52. The zero-order valence-corrected chi connectivity index (χ0v) is 11.3. The number of aliphatic hydroxyl groups excluding tert-OH is 1. The molecule has 0 unspecified atom stereocenters. The van der Waals surface area contributed by atoms with Gasteiger partial charge in [-0.1, -0.05) is 0 Å². The van der Waals surface area contributed by atoms with Crippen molar-refractivity contribution in [2.24, 2.45) is 0 Å². The summed E-state index contributed by atoms with van der Waals surface area (Å²) in [5, 5.41) is 18.1. The van der Waals surface area contributed by atoms with Crippen molar-refractivity contribution in [1.82, 2.24) is 10.2 Å². The van der Waals surface area contributed by atoms with Crippen molar-refractivity contribution in [3.05, 3.63) is 42.2 Å². The highest BCUT2D eigenvalue weighted by Gasteiger charge is 2.08. The summed E-state index contributed by atoms with van der Waals surface area (Å²) in [5.74, 6) is -0.200. The minimum Gasteiger partial charge on any atom is -0.395 e. The number of H-pyrrole nitrogens is 1. The van der Waals surface area contributed by atoms with Gasteiger partial charge in [-0.05, 0) is 31.2 Å². The van der Waals surface area contributed by atoms with Crippen LogP contribution in [0.4, 0.5) is 11.4 Å². The van der Waals surface area contributed by atoms with Crippen LogP contribution in [0.5, 0.6) is 0 Å². The van der Waals surface area contributed by atoms with Crippen LogP contribution in [-0.4, -0.2) is 40.9 Å². The van der Waals surface area contributed by atoms with E-state index in [1.165, 1.54) is 6.20 Å². The molecule has 1 aromatic heterocycles. The van der Waals surface area contributed by atoms with Crippen LogP contribution in [-0.2, 0) is 0 Å². The number of nitrogens with one attached hydrogen (secondary N) is 2. The standard InChI is InChI=1S/C14H18N4O2/c1-2-18(7-8-19)13-5-3-12(4-6-13)17-14(20)11-9-15-16-10-11/h3-6,9-10,19H,2,7-8H2,1H3,(H,15,16)(H,17,20). The highest BCUT2D eigenvalue weighted by atomic mass is 16.3. The quantitative estimate of drug-likeness (QED) is 0.745. The molecule has 2 aromatic rings. The van der Waals surface area contributed by atoms with Gasteiger partial charge in [-0.3, -0.25) is 9.89 Å². The van der Waals surface area contributed by atoms with Crippen LogP contribution < -0.4 is 10.2 Å². The van der Waals surface area contributed by atoms with E-state index in [1.807, 2.05) is 31.2 Å². The lowest BCUT2D eigenvalue weighted by atomic mass is 10.2. The molecule has 106 valence electrons. The zero-order valence-electron chi connectivity index (χ0n) is 11.3. The Morgan fingerprint density at radius 1 is 1.40 bits per heavy atom. The lowest BCUT2D eigenvalue weighted by Crippen LogP contribution is -2.26. The molecule has 1 heterocycles. The summed E-state index contributed by atoms with van der Waals surface area (Å²) in [7, 11) is 0. The largest absolute Gasteiger partial charge is 0.395 e. The fraction of sp³-hybridized carbons (Fsp3) is 0.286. The molecule has 0 aliphatic carbocycles. The van der Waals surface area contributed by atoms with Gasteiger partial charge < -0.3 is 15.3 Å². The Morgan fingerprint density at radius 2 is 2.15 bits per heavy atom. The number of carbonyl (C=O) groups excluding carboxylic acids is 1. The Labute approximate surface area is 117 Å². The van der Waals surface area contributed by atoms with Gasteiger partial charge in [0, 0.05) is 30.7 Å². The third-order valence-corrected chi connectivity index (χ3v) is 3.00. The summed E-state index contributed by atoms with van der Waals surface area (Å²) in [5.41, 5.74) is 2.23. The number of hydrogen-bond donors (Lipinski definition) is 3. The van der Waals surface area contributed by atoms with Gasteiger partial charge in [0.15, 0.2) is 0 Å². The van der Waals surface area contributed by atoms with Crippen molar-refractivity contribution in [1.29, 1.82) is 0 Å². The van der Waals surface area contributed by atoms with Crippen molar-refractivity contribution in [3.8, 4) is 0 Å².